The van der Waals surface area contributed by atoms with E-state index >= 15 is 0 Å². The zero-order valence-corrected chi connectivity index (χ0v) is 17.7. The van der Waals surface area contributed by atoms with Gasteiger partial charge in [-0.25, -0.2) is 22.8 Å². The molecule has 0 aliphatic carbocycles. The Bertz CT molecular complexity index is 1480. The molecule has 0 saturated carbocycles. The highest BCUT2D eigenvalue weighted by Gasteiger charge is 2.19. The Morgan fingerprint density at radius 1 is 0.875 bits per heavy atom. The Kier molecular flexibility index (Phi) is 6.37. The fourth-order valence-corrected chi connectivity index (χ4v) is 3.62. The molecular formula is C19H16N6O6S. The van der Waals surface area contributed by atoms with Crippen LogP contribution in [0.3, 0.4) is 0 Å². The zero-order chi connectivity index (χ0) is 23.5. The number of primary sulfonamides is 1. The van der Waals surface area contributed by atoms with Crippen molar-refractivity contribution in [3.8, 4) is 6.07 Å². The number of nitrogens with zero attached hydrogens (tertiary/aromatic N) is 5. The van der Waals surface area contributed by atoms with Crippen LogP contribution in [0, 0.1) is 11.3 Å². The number of carbonyl (C=O) groups is 2. The first kappa shape index (κ1) is 22.7. The second-order valence-corrected chi connectivity index (χ2v) is 8.36. The first-order chi connectivity index (χ1) is 15.1. The number of benzene rings is 2. The van der Waals surface area contributed by atoms with Crippen LogP contribution >= 0.6 is 0 Å². The minimum absolute atomic E-state index is 0.0315. The second kappa shape index (κ2) is 9.00. The summed E-state index contributed by atoms with van der Waals surface area (Å²) >= 11 is 0. The van der Waals surface area contributed by atoms with Crippen LogP contribution in [0.2, 0.25) is 0 Å². The highest BCUT2D eigenvalue weighted by Crippen LogP contribution is 2.23. The Hall–Kier alpha value is -4.02. The molecule has 2 aromatic heterocycles. The molecule has 4 rings (SSSR count). The van der Waals surface area contributed by atoms with Gasteiger partial charge in [-0.3, -0.25) is 9.59 Å². The SMILES string of the molecule is CC(=O)Cc1ccc(C#N)c2nonc12.CC(=O)Cc1ccc(S(N)(=O)=O)c2nonc12. The van der Waals surface area contributed by atoms with Gasteiger partial charge in [0.25, 0.3) is 0 Å². The van der Waals surface area contributed by atoms with Crippen molar-refractivity contribution in [1.82, 2.24) is 20.6 Å². The van der Waals surface area contributed by atoms with Gasteiger partial charge in [0.05, 0.1) is 5.56 Å². The van der Waals surface area contributed by atoms with E-state index in [1.807, 2.05) is 6.07 Å². The molecular weight excluding hydrogens is 440 g/mol. The van der Waals surface area contributed by atoms with Crippen molar-refractivity contribution in [1.29, 1.82) is 5.26 Å². The summed E-state index contributed by atoms with van der Waals surface area (Å²) in [7, 11) is -3.89. The van der Waals surface area contributed by atoms with Gasteiger partial charge in [0, 0.05) is 12.8 Å². The Morgan fingerprint density at radius 2 is 1.34 bits per heavy atom. The maximum Gasteiger partial charge on any atom is 0.240 e. The summed E-state index contributed by atoms with van der Waals surface area (Å²) < 4.78 is 31.6. The van der Waals surface area contributed by atoms with Crippen molar-refractivity contribution in [2.75, 3.05) is 0 Å². The molecule has 2 aromatic carbocycles. The Labute approximate surface area is 181 Å². The first-order valence-corrected chi connectivity index (χ1v) is 10.6. The predicted octanol–water partition coefficient (Wildman–Crippen LogP) is 1.23. The van der Waals surface area contributed by atoms with Crippen LogP contribution in [0.1, 0.15) is 30.5 Å². The molecule has 0 aliphatic heterocycles. The van der Waals surface area contributed by atoms with Crippen LogP contribution in [0.4, 0.5) is 0 Å². The van der Waals surface area contributed by atoms with Crippen LogP contribution in [0.5, 0.6) is 0 Å². The molecule has 0 spiro atoms. The van der Waals surface area contributed by atoms with E-state index in [2.05, 4.69) is 29.9 Å². The number of carbonyl (C=O) groups excluding carboxylic acids is 2. The van der Waals surface area contributed by atoms with E-state index in [9.17, 15) is 18.0 Å². The molecule has 2 heterocycles. The number of nitriles is 1. The van der Waals surface area contributed by atoms with E-state index in [0.29, 0.717) is 22.2 Å². The number of ketones is 2. The van der Waals surface area contributed by atoms with Gasteiger partial charge in [-0.2, -0.15) is 5.26 Å². The summed E-state index contributed by atoms with van der Waals surface area (Å²) in [4.78, 5) is 21.9. The molecule has 0 aliphatic rings. The van der Waals surface area contributed by atoms with E-state index in [4.69, 9.17) is 10.4 Å². The van der Waals surface area contributed by atoms with Crippen molar-refractivity contribution in [2.24, 2.45) is 5.14 Å². The third-order valence-electron chi connectivity index (χ3n) is 4.27. The standard InChI is InChI=1S/C10H7N3O2.C9H9N3O4S/c1-6(14)4-7-2-3-8(5-11)10-9(7)12-15-13-10;1-5(13)4-6-2-3-7(17(10,14)15)9-8(6)11-16-12-9/h2-3H,4H2,1H3;2-3H,4H2,1H3,(H2,10,14,15). The molecule has 2 N–H and O–H groups in total. The summed E-state index contributed by atoms with van der Waals surface area (Å²) in [6, 6.07) is 8.08. The number of rotatable bonds is 5. The smallest absolute Gasteiger partial charge is 0.240 e. The molecule has 0 bridgehead atoms. The lowest BCUT2D eigenvalue weighted by atomic mass is 10.1. The number of nitrogens with two attached hydrogens (primary N) is 1. The molecule has 0 atom stereocenters. The average Bonchev–Trinajstić information content (AvgIpc) is 3.37. The number of hydrogen-bond donors (Lipinski definition) is 1. The summed E-state index contributed by atoms with van der Waals surface area (Å²) in [5, 5.41) is 28.2. The number of fused-ring (bicyclic) bond motifs is 2. The molecule has 32 heavy (non-hydrogen) atoms. The fourth-order valence-electron chi connectivity index (χ4n) is 2.95. The maximum absolute atomic E-state index is 11.3. The van der Waals surface area contributed by atoms with Crippen LogP contribution in [0.25, 0.3) is 22.1 Å². The van der Waals surface area contributed by atoms with E-state index in [1.54, 1.807) is 12.1 Å². The molecule has 13 heteroatoms. The lowest BCUT2D eigenvalue weighted by molar-refractivity contribution is -0.117. The van der Waals surface area contributed by atoms with Gasteiger partial charge in [-0.15, -0.1) is 0 Å². The summed E-state index contributed by atoms with van der Waals surface area (Å²) in [6.45, 7) is 2.92. The molecule has 164 valence electrons. The molecule has 0 radical (unpaired) electrons. The van der Waals surface area contributed by atoms with Crippen LogP contribution in [0.15, 0.2) is 38.4 Å². The topological polar surface area (TPSA) is 196 Å². The first-order valence-electron chi connectivity index (χ1n) is 9.02. The molecule has 0 amide bonds. The normalized spacial score (nSPS) is 11.1. The minimum atomic E-state index is -3.89. The van der Waals surface area contributed by atoms with Crippen LogP contribution in [-0.4, -0.2) is 40.6 Å². The Balaban J connectivity index is 0.000000182. The van der Waals surface area contributed by atoms with Crippen molar-refractivity contribution >= 4 is 43.7 Å². The molecule has 0 saturated heterocycles. The van der Waals surface area contributed by atoms with Crippen molar-refractivity contribution < 1.29 is 27.3 Å². The third-order valence-corrected chi connectivity index (χ3v) is 5.21. The predicted molar refractivity (Wildman–Crippen MR) is 108 cm³/mol. The fraction of sp³-hybridized carbons (Fsp3) is 0.211. The maximum atomic E-state index is 11.3. The molecule has 12 nitrogen and oxygen atoms in total. The van der Waals surface area contributed by atoms with Crippen LogP contribution < -0.4 is 5.14 Å². The van der Waals surface area contributed by atoms with E-state index in [-0.39, 0.29) is 40.3 Å². The minimum Gasteiger partial charge on any atom is -0.300 e. The quantitative estimate of drug-likeness (QED) is 0.453. The van der Waals surface area contributed by atoms with Crippen molar-refractivity contribution in [2.45, 2.75) is 31.6 Å². The van der Waals surface area contributed by atoms with E-state index < -0.39 is 10.0 Å². The largest absolute Gasteiger partial charge is 0.300 e. The van der Waals surface area contributed by atoms with Gasteiger partial charge in [-0.05, 0) is 57.7 Å². The number of aromatic nitrogens is 4. The Morgan fingerprint density at radius 3 is 1.84 bits per heavy atom. The summed E-state index contributed by atoms with van der Waals surface area (Å²) in [5.74, 6) is -0.0401. The van der Waals surface area contributed by atoms with Crippen LogP contribution in [-0.2, 0) is 32.5 Å². The van der Waals surface area contributed by atoms with Gasteiger partial charge in [-0.1, -0.05) is 12.1 Å². The van der Waals surface area contributed by atoms with E-state index in [1.165, 1.54) is 26.0 Å². The monoisotopic (exact) mass is 456 g/mol. The molecule has 0 fully saturated rings. The van der Waals surface area contributed by atoms with Gasteiger partial charge < -0.3 is 0 Å². The van der Waals surface area contributed by atoms with Gasteiger partial charge in [0.15, 0.2) is 11.0 Å². The average molecular weight is 456 g/mol. The summed E-state index contributed by atoms with van der Waals surface area (Å²) in [5.41, 5.74) is 2.89. The number of Topliss-reactive ketones (excluding diaryl/α,β-unsaturated/α-hetero) is 2. The lowest BCUT2D eigenvalue weighted by Gasteiger charge is -2.01. The van der Waals surface area contributed by atoms with Crippen molar-refractivity contribution in [3.63, 3.8) is 0 Å². The highest BCUT2D eigenvalue weighted by molar-refractivity contribution is 7.89. The van der Waals surface area contributed by atoms with Gasteiger partial charge in [0.1, 0.15) is 33.6 Å². The zero-order valence-electron chi connectivity index (χ0n) is 16.9. The molecule has 0 unspecified atom stereocenters. The molecule has 4 aromatic rings. The number of sulfonamides is 1. The highest BCUT2D eigenvalue weighted by atomic mass is 32.2. The second-order valence-electron chi connectivity index (χ2n) is 6.83. The van der Waals surface area contributed by atoms with Crippen molar-refractivity contribution in [3.05, 3.63) is 41.0 Å². The van der Waals surface area contributed by atoms with Gasteiger partial charge >= 0.3 is 0 Å². The third kappa shape index (κ3) is 4.82. The van der Waals surface area contributed by atoms with E-state index in [0.717, 1.165) is 5.56 Å². The van der Waals surface area contributed by atoms with Gasteiger partial charge in [0.2, 0.25) is 10.0 Å². The lowest BCUT2D eigenvalue weighted by Crippen LogP contribution is -2.13. The number of hydrogen-bond acceptors (Lipinski definition) is 11. The summed E-state index contributed by atoms with van der Waals surface area (Å²) in [6.07, 6.45) is 0.409.